The standard InChI is InChI=1S/C24H22N10O/c1-33-22(31-32-23(33)21-9-10-25-16-28-21)15-26-19-4-2-3-18(13-19)24(35)27-14-17-5-7-20(8-6-17)34-29-11-12-30-34/h2-13,16,26H,14-15H2,1H3,(H,27,35). The lowest BCUT2D eigenvalue weighted by Crippen LogP contribution is -2.22. The van der Waals surface area contributed by atoms with Gasteiger partial charge in [-0.15, -0.1) is 10.2 Å². The molecule has 0 radical (unpaired) electrons. The molecule has 0 aliphatic rings. The van der Waals surface area contributed by atoms with E-state index in [4.69, 9.17) is 0 Å². The minimum Gasteiger partial charge on any atom is -0.378 e. The number of anilines is 1. The maximum absolute atomic E-state index is 12.7. The fourth-order valence-electron chi connectivity index (χ4n) is 3.49. The summed E-state index contributed by atoms with van der Waals surface area (Å²) in [4.78, 5) is 22.4. The zero-order valence-electron chi connectivity index (χ0n) is 18.9. The van der Waals surface area contributed by atoms with E-state index >= 15 is 0 Å². The zero-order valence-corrected chi connectivity index (χ0v) is 18.9. The van der Waals surface area contributed by atoms with Gasteiger partial charge in [-0.1, -0.05) is 18.2 Å². The molecule has 0 fully saturated rings. The van der Waals surface area contributed by atoms with E-state index in [-0.39, 0.29) is 5.91 Å². The Morgan fingerprint density at radius 2 is 1.77 bits per heavy atom. The van der Waals surface area contributed by atoms with Crippen LogP contribution in [0, 0.1) is 0 Å². The molecule has 35 heavy (non-hydrogen) atoms. The molecule has 1 amide bonds. The number of hydrogen-bond donors (Lipinski definition) is 2. The minimum absolute atomic E-state index is 0.156. The first kappa shape index (κ1) is 21.9. The van der Waals surface area contributed by atoms with Crippen molar-refractivity contribution >= 4 is 11.6 Å². The fraction of sp³-hybridized carbons (Fsp3) is 0.125. The van der Waals surface area contributed by atoms with E-state index < -0.39 is 0 Å². The van der Waals surface area contributed by atoms with Crippen LogP contribution in [0.4, 0.5) is 5.69 Å². The van der Waals surface area contributed by atoms with E-state index in [9.17, 15) is 4.79 Å². The molecule has 0 unspecified atom stereocenters. The van der Waals surface area contributed by atoms with Gasteiger partial charge in [0, 0.05) is 31.0 Å². The van der Waals surface area contributed by atoms with Crippen molar-refractivity contribution in [3.8, 4) is 17.2 Å². The van der Waals surface area contributed by atoms with Gasteiger partial charge in [-0.2, -0.15) is 15.0 Å². The van der Waals surface area contributed by atoms with E-state index in [1.54, 1.807) is 35.5 Å². The van der Waals surface area contributed by atoms with Crippen molar-refractivity contribution in [2.45, 2.75) is 13.1 Å². The van der Waals surface area contributed by atoms with Crippen LogP contribution in [0.15, 0.2) is 79.5 Å². The predicted molar refractivity (Wildman–Crippen MR) is 128 cm³/mol. The third-order valence-electron chi connectivity index (χ3n) is 5.39. The van der Waals surface area contributed by atoms with Gasteiger partial charge >= 0.3 is 0 Å². The second kappa shape index (κ2) is 9.91. The predicted octanol–water partition coefficient (Wildman–Crippen LogP) is 2.39. The molecule has 5 rings (SSSR count). The Balaban J connectivity index is 1.18. The molecule has 11 nitrogen and oxygen atoms in total. The number of hydrogen-bond acceptors (Lipinski definition) is 8. The molecule has 5 aromatic rings. The van der Waals surface area contributed by atoms with Crippen molar-refractivity contribution < 1.29 is 4.79 Å². The molecule has 0 atom stereocenters. The Labute approximate surface area is 200 Å². The number of carbonyl (C=O) groups excluding carboxylic acids is 1. The highest BCUT2D eigenvalue weighted by Gasteiger charge is 2.12. The Kier molecular flexibility index (Phi) is 6.20. The lowest BCUT2D eigenvalue weighted by Gasteiger charge is -2.10. The lowest BCUT2D eigenvalue weighted by molar-refractivity contribution is 0.0951. The number of aromatic nitrogens is 8. The molecule has 0 saturated heterocycles. The monoisotopic (exact) mass is 466 g/mol. The molecule has 0 aliphatic heterocycles. The smallest absolute Gasteiger partial charge is 0.251 e. The van der Waals surface area contributed by atoms with E-state index in [1.165, 1.54) is 6.33 Å². The first-order valence-electron chi connectivity index (χ1n) is 10.9. The highest BCUT2D eigenvalue weighted by Crippen LogP contribution is 2.16. The zero-order chi connectivity index (χ0) is 24.0. The van der Waals surface area contributed by atoms with Crippen LogP contribution in [0.25, 0.3) is 17.2 Å². The third kappa shape index (κ3) is 5.03. The molecule has 0 bridgehead atoms. The summed E-state index contributed by atoms with van der Waals surface area (Å²) in [6.45, 7) is 0.852. The van der Waals surface area contributed by atoms with Crippen LogP contribution in [-0.2, 0) is 20.1 Å². The van der Waals surface area contributed by atoms with Gasteiger partial charge in [0.15, 0.2) is 11.6 Å². The normalized spacial score (nSPS) is 10.8. The second-order valence-electron chi connectivity index (χ2n) is 7.70. The van der Waals surface area contributed by atoms with Gasteiger partial charge in [0.2, 0.25) is 0 Å². The summed E-state index contributed by atoms with van der Waals surface area (Å²) < 4.78 is 1.87. The Morgan fingerprint density at radius 1 is 0.943 bits per heavy atom. The molecule has 174 valence electrons. The summed E-state index contributed by atoms with van der Waals surface area (Å²) in [6, 6.07) is 16.8. The summed E-state index contributed by atoms with van der Waals surface area (Å²) in [7, 11) is 1.89. The first-order chi connectivity index (χ1) is 17.2. The summed E-state index contributed by atoms with van der Waals surface area (Å²) in [5.74, 6) is 1.24. The van der Waals surface area contributed by atoms with E-state index in [2.05, 4.69) is 41.0 Å². The van der Waals surface area contributed by atoms with Crippen LogP contribution < -0.4 is 10.6 Å². The first-order valence-corrected chi connectivity index (χ1v) is 10.9. The van der Waals surface area contributed by atoms with Gasteiger partial charge in [-0.3, -0.25) is 4.79 Å². The molecule has 0 spiro atoms. The van der Waals surface area contributed by atoms with Gasteiger partial charge < -0.3 is 15.2 Å². The van der Waals surface area contributed by atoms with Gasteiger partial charge in [0.05, 0.1) is 24.6 Å². The van der Waals surface area contributed by atoms with Gasteiger partial charge in [-0.25, -0.2) is 9.97 Å². The van der Waals surface area contributed by atoms with Crippen molar-refractivity contribution in [3.63, 3.8) is 0 Å². The average Bonchev–Trinajstić information content (AvgIpc) is 3.57. The van der Waals surface area contributed by atoms with Crippen LogP contribution in [0.5, 0.6) is 0 Å². The molecular weight excluding hydrogens is 444 g/mol. The molecule has 2 N–H and O–H groups in total. The lowest BCUT2D eigenvalue weighted by atomic mass is 10.1. The van der Waals surface area contributed by atoms with Gasteiger partial charge in [-0.05, 0) is 42.0 Å². The van der Waals surface area contributed by atoms with E-state index in [0.717, 1.165) is 22.8 Å². The summed E-state index contributed by atoms with van der Waals surface area (Å²) in [5.41, 5.74) is 3.90. The summed E-state index contributed by atoms with van der Waals surface area (Å²) >= 11 is 0. The molecule has 3 heterocycles. The molecular formula is C24H22N10O. The topological polar surface area (TPSA) is 128 Å². The minimum atomic E-state index is -0.156. The van der Waals surface area contributed by atoms with Crippen molar-refractivity contribution in [2.75, 3.05) is 5.32 Å². The van der Waals surface area contributed by atoms with Crippen LogP contribution in [0.1, 0.15) is 21.7 Å². The van der Waals surface area contributed by atoms with Crippen LogP contribution in [0.2, 0.25) is 0 Å². The molecule has 11 heteroatoms. The molecule has 0 saturated carbocycles. The maximum atomic E-state index is 12.7. The third-order valence-corrected chi connectivity index (χ3v) is 5.39. The van der Waals surface area contributed by atoms with Gasteiger partial charge in [0.1, 0.15) is 12.0 Å². The number of nitrogens with one attached hydrogen (secondary N) is 2. The fourth-order valence-corrected chi connectivity index (χ4v) is 3.49. The molecule has 0 aliphatic carbocycles. The second-order valence-corrected chi connectivity index (χ2v) is 7.70. The van der Waals surface area contributed by atoms with Gasteiger partial charge in [0.25, 0.3) is 5.91 Å². The van der Waals surface area contributed by atoms with Crippen LogP contribution in [-0.4, -0.2) is 45.6 Å². The van der Waals surface area contributed by atoms with E-state index in [0.29, 0.717) is 30.2 Å². The SMILES string of the molecule is Cn1c(CNc2cccc(C(=O)NCc3ccc(-n4nccn4)cc3)c2)nnc1-c1ccncn1. The number of amides is 1. The maximum Gasteiger partial charge on any atom is 0.251 e. The van der Waals surface area contributed by atoms with E-state index in [1.807, 2.05) is 54.1 Å². The number of nitrogens with zero attached hydrogens (tertiary/aromatic N) is 8. The van der Waals surface area contributed by atoms with Crippen molar-refractivity contribution in [1.29, 1.82) is 0 Å². The average molecular weight is 467 g/mol. The number of benzene rings is 2. The summed E-state index contributed by atoms with van der Waals surface area (Å²) in [5, 5.41) is 23.0. The summed E-state index contributed by atoms with van der Waals surface area (Å²) in [6.07, 6.45) is 6.40. The largest absolute Gasteiger partial charge is 0.378 e. The highest BCUT2D eigenvalue weighted by molar-refractivity contribution is 5.95. The van der Waals surface area contributed by atoms with Crippen molar-refractivity contribution in [1.82, 2.24) is 45.0 Å². The molecule has 2 aromatic carbocycles. The quantitative estimate of drug-likeness (QED) is 0.357. The highest BCUT2D eigenvalue weighted by atomic mass is 16.1. The number of rotatable bonds is 8. The van der Waals surface area contributed by atoms with Crippen LogP contribution >= 0.6 is 0 Å². The molecule has 3 aromatic heterocycles. The van der Waals surface area contributed by atoms with Crippen molar-refractivity contribution in [3.05, 3.63) is 96.5 Å². The Hall–Kier alpha value is -4.93. The Morgan fingerprint density at radius 3 is 2.54 bits per heavy atom. The Bertz CT molecular complexity index is 1410. The number of carbonyl (C=O) groups is 1. The van der Waals surface area contributed by atoms with Crippen molar-refractivity contribution in [2.24, 2.45) is 7.05 Å². The van der Waals surface area contributed by atoms with Crippen LogP contribution in [0.3, 0.4) is 0 Å².